The molecule has 2 heterocycles. The van der Waals surface area contributed by atoms with Gasteiger partial charge in [0, 0.05) is 33.9 Å². The lowest BCUT2D eigenvalue weighted by Crippen LogP contribution is -2.06. The van der Waals surface area contributed by atoms with E-state index in [1.54, 1.807) is 13.0 Å². The van der Waals surface area contributed by atoms with E-state index < -0.39 is 23.5 Å². The predicted molar refractivity (Wildman–Crippen MR) is 107 cm³/mol. The number of alkyl halides is 6. The van der Waals surface area contributed by atoms with Crippen LogP contribution in [0.4, 0.5) is 37.8 Å². The summed E-state index contributed by atoms with van der Waals surface area (Å²) in [6.07, 6.45) is -6.32. The van der Waals surface area contributed by atoms with Crippen LogP contribution in [0.3, 0.4) is 0 Å². The number of aromatic nitrogens is 3. The van der Waals surface area contributed by atoms with Crippen LogP contribution >= 0.6 is 0 Å². The average Bonchev–Trinajstić information content (AvgIpc) is 2.73. The van der Waals surface area contributed by atoms with Crippen LogP contribution in [0.1, 0.15) is 16.8 Å². The fraction of sp³-hybridized carbons (Fsp3) is 0.136. The maximum atomic E-state index is 13.4. The van der Waals surface area contributed by atoms with Crippen LogP contribution in [0.15, 0.2) is 60.9 Å². The highest BCUT2D eigenvalue weighted by Gasteiger charge is 2.32. The molecule has 0 atom stereocenters. The van der Waals surface area contributed by atoms with E-state index in [0.717, 1.165) is 24.3 Å². The Morgan fingerprint density at radius 1 is 0.750 bits per heavy atom. The Kier molecular flexibility index (Phi) is 5.23. The Hall–Kier alpha value is -3.69. The number of hydrogen-bond acceptors (Lipinski definition) is 4. The quantitative estimate of drug-likeness (QED) is 0.351. The maximum Gasteiger partial charge on any atom is 0.416 e. The molecule has 2 aromatic carbocycles. The van der Waals surface area contributed by atoms with E-state index in [-0.39, 0.29) is 11.5 Å². The first-order valence-corrected chi connectivity index (χ1v) is 9.26. The molecule has 0 aliphatic rings. The molecule has 0 saturated heterocycles. The first kappa shape index (κ1) is 21.5. The molecule has 2 aromatic heterocycles. The lowest BCUT2D eigenvalue weighted by Gasteiger charge is -2.14. The summed E-state index contributed by atoms with van der Waals surface area (Å²) >= 11 is 0. The van der Waals surface area contributed by atoms with Crippen LogP contribution in [0.5, 0.6) is 0 Å². The van der Waals surface area contributed by atoms with Gasteiger partial charge in [-0.15, -0.1) is 5.10 Å². The predicted octanol–water partition coefficient (Wildman–Crippen LogP) is 6.78. The van der Waals surface area contributed by atoms with Gasteiger partial charge in [-0.2, -0.15) is 31.4 Å². The molecule has 0 amide bonds. The smallest absolute Gasteiger partial charge is 0.338 e. The fourth-order valence-electron chi connectivity index (χ4n) is 3.20. The van der Waals surface area contributed by atoms with E-state index in [4.69, 9.17) is 0 Å². The molecule has 0 unspecified atom stereocenters. The maximum absolute atomic E-state index is 13.4. The Balaban J connectivity index is 1.73. The largest absolute Gasteiger partial charge is 0.416 e. The zero-order valence-corrected chi connectivity index (χ0v) is 16.4. The standard InChI is InChI=1S/C22H14F6N4/c1-12-6-18-15(10-29-12)7-17(22(26,27)28)9-19(18)31-20-8-14(11-30-32-20)13-2-4-16(5-3-13)21(23,24)25/h2-11H,1H3,(H,31,32). The topological polar surface area (TPSA) is 50.7 Å². The number of hydrogen-bond donors (Lipinski definition) is 1. The van der Waals surface area contributed by atoms with Gasteiger partial charge >= 0.3 is 12.4 Å². The molecular weight excluding hydrogens is 434 g/mol. The minimum absolute atomic E-state index is 0.137. The van der Waals surface area contributed by atoms with Crippen LogP contribution in [0.25, 0.3) is 21.9 Å². The van der Waals surface area contributed by atoms with Crippen molar-refractivity contribution >= 4 is 22.3 Å². The summed E-state index contributed by atoms with van der Waals surface area (Å²) in [4.78, 5) is 4.05. The van der Waals surface area contributed by atoms with Crippen molar-refractivity contribution in [1.82, 2.24) is 15.2 Å². The van der Waals surface area contributed by atoms with Crippen LogP contribution in [0.2, 0.25) is 0 Å². The highest BCUT2D eigenvalue weighted by atomic mass is 19.4. The molecule has 4 rings (SSSR count). The molecule has 1 N–H and O–H groups in total. The zero-order chi connectivity index (χ0) is 23.1. The van der Waals surface area contributed by atoms with Crippen molar-refractivity contribution in [2.45, 2.75) is 19.3 Å². The molecule has 0 saturated carbocycles. The van der Waals surface area contributed by atoms with E-state index in [1.807, 2.05) is 0 Å². The summed E-state index contributed by atoms with van der Waals surface area (Å²) < 4.78 is 78.4. The number of anilines is 2. The van der Waals surface area contributed by atoms with Gasteiger partial charge < -0.3 is 5.32 Å². The van der Waals surface area contributed by atoms with Crippen molar-refractivity contribution in [1.29, 1.82) is 0 Å². The van der Waals surface area contributed by atoms with Gasteiger partial charge in [0.1, 0.15) is 0 Å². The Morgan fingerprint density at radius 3 is 2.09 bits per heavy atom. The van der Waals surface area contributed by atoms with Gasteiger partial charge in [-0.25, -0.2) is 0 Å². The van der Waals surface area contributed by atoms with Crippen molar-refractivity contribution in [3.63, 3.8) is 0 Å². The molecular formula is C22H14F6N4. The lowest BCUT2D eigenvalue weighted by atomic mass is 10.0. The molecule has 0 fully saturated rings. The second-order valence-electron chi connectivity index (χ2n) is 7.10. The second-order valence-corrected chi connectivity index (χ2v) is 7.10. The van der Waals surface area contributed by atoms with E-state index in [9.17, 15) is 26.3 Å². The van der Waals surface area contributed by atoms with Gasteiger partial charge in [0.25, 0.3) is 0 Å². The summed E-state index contributed by atoms with van der Waals surface area (Å²) in [7, 11) is 0. The SMILES string of the molecule is Cc1cc2c(Nc3cc(-c4ccc(C(F)(F)F)cc4)cnn3)cc(C(F)(F)F)cc2cn1. The Labute approximate surface area is 177 Å². The molecule has 0 spiro atoms. The molecule has 10 heteroatoms. The van der Waals surface area contributed by atoms with Gasteiger partial charge in [0.05, 0.1) is 17.3 Å². The number of rotatable bonds is 3. The van der Waals surface area contributed by atoms with Gasteiger partial charge in [0.2, 0.25) is 0 Å². The first-order chi connectivity index (χ1) is 15.0. The highest BCUT2D eigenvalue weighted by Crippen LogP contribution is 2.37. The zero-order valence-electron chi connectivity index (χ0n) is 16.4. The molecule has 164 valence electrons. The van der Waals surface area contributed by atoms with Gasteiger partial charge in [-0.1, -0.05) is 12.1 Å². The monoisotopic (exact) mass is 448 g/mol. The van der Waals surface area contributed by atoms with Crippen LogP contribution in [-0.4, -0.2) is 15.2 Å². The summed E-state index contributed by atoms with van der Waals surface area (Å²) in [5.74, 6) is 0.137. The number of aryl methyl sites for hydroxylation is 1. The molecule has 0 radical (unpaired) electrons. The minimum Gasteiger partial charge on any atom is -0.338 e. The fourth-order valence-corrected chi connectivity index (χ4v) is 3.20. The molecule has 0 aliphatic heterocycles. The summed E-state index contributed by atoms with van der Waals surface area (Å²) in [5.41, 5.74) is 0.0189. The van der Waals surface area contributed by atoms with Crippen molar-refractivity contribution in [3.8, 4) is 11.1 Å². The Bertz CT molecular complexity index is 1280. The molecule has 0 bridgehead atoms. The number of nitrogens with zero attached hydrogens (tertiary/aromatic N) is 3. The highest BCUT2D eigenvalue weighted by molar-refractivity contribution is 5.96. The van der Waals surface area contributed by atoms with Gasteiger partial charge in [-0.05, 0) is 48.9 Å². The van der Waals surface area contributed by atoms with Crippen molar-refractivity contribution in [2.24, 2.45) is 0 Å². The summed E-state index contributed by atoms with van der Waals surface area (Å²) in [5, 5.41) is 11.4. The Morgan fingerprint density at radius 2 is 1.44 bits per heavy atom. The van der Waals surface area contributed by atoms with Gasteiger partial charge in [0.15, 0.2) is 5.82 Å². The third kappa shape index (κ3) is 4.48. The van der Waals surface area contributed by atoms with Crippen molar-refractivity contribution < 1.29 is 26.3 Å². The van der Waals surface area contributed by atoms with E-state index in [1.165, 1.54) is 30.6 Å². The lowest BCUT2D eigenvalue weighted by molar-refractivity contribution is -0.138. The summed E-state index contributed by atoms with van der Waals surface area (Å²) in [6, 6.07) is 9.58. The van der Waals surface area contributed by atoms with Crippen molar-refractivity contribution in [3.05, 3.63) is 77.7 Å². The van der Waals surface area contributed by atoms with Crippen molar-refractivity contribution in [2.75, 3.05) is 5.32 Å². The first-order valence-electron chi connectivity index (χ1n) is 9.26. The molecule has 32 heavy (non-hydrogen) atoms. The normalized spacial score (nSPS) is 12.2. The molecule has 4 nitrogen and oxygen atoms in total. The van der Waals surface area contributed by atoms with E-state index in [0.29, 0.717) is 27.6 Å². The number of pyridine rings is 1. The second kappa shape index (κ2) is 7.77. The average molecular weight is 448 g/mol. The van der Waals surface area contributed by atoms with Crippen LogP contribution in [0, 0.1) is 6.92 Å². The summed E-state index contributed by atoms with van der Waals surface area (Å²) in [6.45, 7) is 1.71. The molecule has 4 aromatic rings. The number of halogens is 6. The van der Waals surface area contributed by atoms with Crippen LogP contribution in [-0.2, 0) is 12.4 Å². The number of fused-ring (bicyclic) bond motifs is 1. The number of nitrogens with one attached hydrogen (secondary N) is 1. The van der Waals surface area contributed by atoms with Crippen LogP contribution < -0.4 is 5.32 Å². The van der Waals surface area contributed by atoms with E-state index in [2.05, 4.69) is 20.5 Å². The number of benzene rings is 2. The van der Waals surface area contributed by atoms with Gasteiger partial charge in [-0.3, -0.25) is 4.98 Å². The third-order valence-electron chi connectivity index (χ3n) is 4.76. The molecule has 0 aliphatic carbocycles. The minimum atomic E-state index is -4.57. The van der Waals surface area contributed by atoms with E-state index >= 15 is 0 Å². The third-order valence-corrected chi connectivity index (χ3v) is 4.76.